The van der Waals surface area contributed by atoms with Crippen LogP contribution in [0, 0.1) is 6.92 Å². The number of aryl methyl sites for hydroxylation is 1. The summed E-state index contributed by atoms with van der Waals surface area (Å²) in [6, 6.07) is 29.8. The molecule has 1 N–H and O–H groups in total. The molecule has 0 spiro atoms. The van der Waals surface area contributed by atoms with Gasteiger partial charge in [-0.2, -0.15) is 0 Å². The number of hydrogen-bond donors (Lipinski definition) is 1. The van der Waals surface area contributed by atoms with Gasteiger partial charge in [0.2, 0.25) is 9.84 Å². The number of carbonyl (C=O) groups excluding carboxylic acids is 1. The van der Waals surface area contributed by atoms with Gasteiger partial charge in [0.05, 0.1) is 22.5 Å². The maximum Gasteiger partial charge on any atom is 0.256 e. The molecule has 2 heterocycles. The van der Waals surface area contributed by atoms with Crippen LogP contribution in [-0.4, -0.2) is 28.9 Å². The van der Waals surface area contributed by atoms with Crippen LogP contribution in [-0.2, 0) is 16.4 Å². The molecule has 0 saturated heterocycles. The van der Waals surface area contributed by atoms with Gasteiger partial charge in [-0.15, -0.1) is 0 Å². The normalized spacial score (nSPS) is 11.7. The molecule has 0 fully saturated rings. The van der Waals surface area contributed by atoms with Gasteiger partial charge < -0.3 is 9.88 Å². The number of aromatic nitrogens is 3. The summed E-state index contributed by atoms with van der Waals surface area (Å²) in [5.74, 6) is -0.395. The molecule has 1 amide bonds. The molecule has 6 aromatic rings. The number of hydrogen-bond acceptors (Lipinski definition) is 5. The van der Waals surface area contributed by atoms with Gasteiger partial charge in [0.1, 0.15) is 16.2 Å². The lowest BCUT2D eigenvalue weighted by Crippen LogP contribution is -2.18. The molecular formula is C31H23ClN4O3S. The van der Waals surface area contributed by atoms with E-state index in [2.05, 4.69) is 5.32 Å². The fourth-order valence-electron chi connectivity index (χ4n) is 4.59. The number of rotatable bonds is 6. The molecule has 0 aliphatic heterocycles. The van der Waals surface area contributed by atoms with Crippen molar-refractivity contribution in [2.24, 2.45) is 0 Å². The zero-order chi connectivity index (χ0) is 27.9. The number of anilines is 1. The second-order valence-corrected chi connectivity index (χ2v) is 11.7. The van der Waals surface area contributed by atoms with E-state index < -0.39 is 15.7 Å². The predicted molar refractivity (Wildman–Crippen MR) is 157 cm³/mol. The number of nitrogens with one attached hydrogen (secondary N) is 1. The van der Waals surface area contributed by atoms with Crippen LogP contribution in [0.5, 0.6) is 0 Å². The summed E-state index contributed by atoms with van der Waals surface area (Å²) in [6.07, 6.45) is 0. The maximum absolute atomic E-state index is 14.3. The summed E-state index contributed by atoms with van der Waals surface area (Å²) < 4.78 is 30.3. The fraction of sp³-hybridized carbons (Fsp3) is 0.0645. The molecule has 4 aromatic carbocycles. The Morgan fingerprint density at radius 3 is 2.12 bits per heavy atom. The van der Waals surface area contributed by atoms with Crippen molar-refractivity contribution in [3.05, 3.63) is 125 Å². The SMILES string of the molecule is Cc1ccc(S(=O)(=O)c2c(NC(=O)c3ccc(Cl)cc3)n(Cc3ccccc3)c3nc4ccccc4nc23)cc1. The quantitative estimate of drug-likeness (QED) is 0.243. The molecule has 9 heteroatoms. The van der Waals surface area contributed by atoms with Gasteiger partial charge >= 0.3 is 0 Å². The zero-order valence-electron chi connectivity index (χ0n) is 21.4. The number of carbonyl (C=O) groups is 1. The number of halogens is 1. The Balaban J connectivity index is 1.66. The van der Waals surface area contributed by atoms with Crippen LogP contribution in [0.4, 0.5) is 5.82 Å². The van der Waals surface area contributed by atoms with E-state index >= 15 is 0 Å². The van der Waals surface area contributed by atoms with E-state index in [9.17, 15) is 13.2 Å². The van der Waals surface area contributed by atoms with E-state index in [1.807, 2.05) is 55.5 Å². The number of fused-ring (bicyclic) bond motifs is 2. The Morgan fingerprint density at radius 1 is 0.825 bits per heavy atom. The number of amides is 1. The fourth-order valence-corrected chi connectivity index (χ4v) is 6.25. The van der Waals surface area contributed by atoms with E-state index in [-0.39, 0.29) is 27.7 Å². The first-order valence-electron chi connectivity index (χ1n) is 12.5. The van der Waals surface area contributed by atoms with Crippen LogP contribution < -0.4 is 5.32 Å². The topological polar surface area (TPSA) is 94.0 Å². The van der Waals surface area contributed by atoms with E-state index in [1.165, 1.54) is 0 Å². The number of para-hydroxylation sites is 2. The van der Waals surface area contributed by atoms with E-state index in [1.54, 1.807) is 59.2 Å². The zero-order valence-corrected chi connectivity index (χ0v) is 22.9. The van der Waals surface area contributed by atoms with Gasteiger partial charge in [-0.25, -0.2) is 18.4 Å². The molecule has 2 aromatic heterocycles. The van der Waals surface area contributed by atoms with Gasteiger partial charge in [0.15, 0.2) is 5.65 Å². The lowest BCUT2D eigenvalue weighted by atomic mass is 10.2. The first-order valence-corrected chi connectivity index (χ1v) is 14.4. The minimum atomic E-state index is -4.15. The Kier molecular flexibility index (Phi) is 6.57. The molecule has 0 aliphatic carbocycles. The summed E-state index contributed by atoms with van der Waals surface area (Å²) in [6.45, 7) is 2.14. The second-order valence-electron chi connectivity index (χ2n) is 9.41. The molecule has 0 atom stereocenters. The Labute approximate surface area is 236 Å². The lowest BCUT2D eigenvalue weighted by molar-refractivity contribution is 0.102. The first kappa shape index (κ1) is 25.7. The van der Waals surface area contributed by atoms with E-state index in [0.717, 1.165) is 11.1 Å². The van der Waals surface area contributed by atoms with Crippen LogP contribution >= 0.6 is 11.6 Å². The van der Waals surface area contributed by atoms with Crippen LogP contribution in [0.1, 0.15) is 21.5 Å². The third-order valence-corrected chi connectivity index (χ3v) is 8.70. The van der Waals surface area contributed by atoms with Crippen LogP contribution in [0.15, 0.2) is 113 Å². The van der Waals surface area contributed by atoms with Crippen molar-refractivity contribution in [1.82, 2.24) is 14.5 Å². The highest BCUT2D eigenvalue weighted by Crippen LogP contribution is 2.38. The summed E-state index contributed by atoms with van der Waals surface area (Å²) in [4.78, 5) is 23.1. The van der Waals surface area contributed by atoms with Gasteiger partial charge in [-0.05, 0) is 61.0 Å². The largest absolute Gasteiger partial charge is 0.307 e. The average Bonchev–Trinajstić information content (AvgIpc) is 3.25. The highest BCUT2D eigenvalue weighted by Gasteiger charge is 2.32. The van der Waals surface area contributed by atoms with Gasteiger partial charge in [0.25, 0.3) is 5.91 Å². The summed E-state index contributed by atoms with van der Waals surface area (Å²) >= 11 is 6.03. The van der Waals surface area contributed by atoms with Crippen molar-refractivity contribution in [3.63, 3.8) is 0 Å². The molecule has 0 radical (unpaired) electrons. The first-order chi connectivity index (χ1) is 19.3. The summed E-state index contributed by atoms with van der Waals surface area (Å²) in [5, 5.41) is 3.37. The van der Waals surface area contributed by atoms with Crippen molar-refractivity contribution in [2.45, 2.75) is 23.3 Å². The van der Waals surface area contributed by atoms with Crippen molar-refractivity contribution < 1.29 is 13.2 Å². The monoisotopic (exact) mass is 566 g/mol. The third-order valence-electron chi connectivity index (χ3n) is 6.63. The van der Waals surface area contributed by atoms with Crippen LogP contribution in [0.2, 0.25) is 5.02 Å². The molecule has 0 bridgehead atoms. The van der Waals surface area contributed by atoms with Crippen molar-refractivity contribution in [2.75, 3.05) is 5.32 Å². The van der Waals surface area contributed by atoms with Crippen molar-refractivity contribution in [1.29, 1.82) is 0 Å². The molecular weight excluding hydrogens is 544 g/mol. The molecule has 0 unspecified atom stereocenters. The Hall–Kier alpha value is -4.53. The van der Waals surface area contributed by atoms with Crippen molar-refractivity contribution in [3.8, 4) is 0 Å². The average molecular weight is 567 g/mol. The van der Waals surface area contributed by atoms with Gasteiger partial charge in [-0.1, -0.05) is 71.8 Å². The minimum absolute atomic E-state index is 0.0915. The summed E-state index contributed by atoms with van der Waals surface area (Å²) in [5.41, 5.74) is 3.83. The minimum Gasteiger partial charge on any atom is -0.307 e. The molecule has 0 saturated carbocycles. The molecule has 6 rings (SSSR count). The van der Waals surface area contributed by atoms with Gasteiger partial charge in [0, 0.05) is 10.6 Å². The number of benzene rings is 4. The van der Waals surface area contributed by atoms with Crippen LogP contribution in [0.3, 0.4) is 0 Å². The summed E-state index contributed by atoms with van der Waals surface area (Å²) in [7, 11) is -4.15. The highest BCUT2D eigenvalue weighted by atomic mass is 35.5. The lowest BCUT2D eigenvalue weighted by Gasteiger charge is -2.14. The Bertz CT molecular complexity index is 1990. The van der Waals surface area contributed by atoms with E-state index in [0.29, 0.717) is 27.3 Å². The highest BCUT2D eigenvalue weighted by molar-refractivity contribution is 7.92. The molecule has 40 heavy (non-hydrogen) atoms. The number of sulfone groups is 1. The smallest absolute Gasteiger partial charge is 0.256 e. The molecule has 0 aliphatic rings. The second kappa shape index (κ2) is 10.2. The maximum atomic E-state index is 14.3. The molecule has 7 nitrogen and oxygen atoms in total. The van der Waals surface area contributed by atoms with Crippen LogP contribution in [0.25, 0.3) is 22.2 Å². The number of nitrogens with zero attached hydrogens (tertiary/aromatic N) is 3. The van der Waals surface area contributed by atoms with E-state index in [4.69, 9.17) is 21.6 Å². The third kappa shape index (κ3) is 4.72. The Morgan fingerprint density at radius 2 is 1.45 bits per heavy atom. The molecule has 198 valence electrons. The predicted octanol–water partition coefficient (Wildman–Crippen LogP) is 6.68. The van der Waals surface area contributed by atoms with Crippen molar-refractivity contribution >= 4 is 55.4 Å². The standard InChI is InChI=1S/C31H23ClN4O3S/c1-20-11-17-24(18-12-20)40(38,39)28-27-29(34-26-10-6-5-9-25(26)33-27)36(19-21-7-3-2-4-8-21)30(28)35-31(37)22-13-15-23(32)16-14-22/h2-18H,19H2,1H3,(H,35,37). The van der Waals surface area contributed by atoms with Gasteiger partial charge in [-0.3, -0.25) is 4.79 Å².